The Morgan fingerprint density at radius 1 is 1.56 bits per heavy atom. The zero-order chi connectivity index (χ0) is 13.8. The van der Waals surface area contributed by atoms with Crippen molar-refractivity contribution in [3.8, 4) is 11.5 Å². The molecule has 18 heavy (non-hydrogen) atoms. The molecule has 0 fully saturated rings. The van der Waals surface area contributed by atoms with Crippen molar-refractivity contribution < 1.29 is 24.3 Å². The molecule has 0 aliphatic heterocycles. The smallest absolute Gasteiger partial charge is 0.504 e. The summed E-state index contributed by atoms with van der Waals surface area (Å²) < 4.78 is 10.1. The van der Waals surface area contributed by atoms with Crippen LogP contribution in [-0.4, -0.2) is 36.4 Å². The molecule has 0 aliphatic carbocycles. The average molecular weight is 253 g/mol. The summed E-state index contributed by atoms with van der Waals surface area (Å²) in [5.41, 5.74) is 4.98. The van der Waals surface area contributed by atoms with Gasteiger partial charge >= 0.3 is 13.7 Å². The normalized spacial score (nSPS) is 13.6. The van der Waals surface area contributed by atoms with E-state index in [1.165, 1.54) is 14.0 Å². The summed E-state index contributed by atoms with van der Waals surface area (Å²) >= 11 is 0. The van der Waals surface area contributed by atoms with Gasteiger partial charge in [-0.15, -0.1) is 0 Å². The van der Waals surface area contributed by atoms with E-state index in [0.29, 0.717) is 17.1 Å². The minimum Gasteiger partial charge on any atom is -0.539 e. The topological polar surface area (TPSA) is 102 Å². The van der Waals surface area contributed by atoms with Crippen LogP contribution >= 0.6 is 0 Å². The SMILES string of the molecule is COc1cc(OBO)ccc1C[C@](C)(N)C(=O)O. The van der Waals surface area contributed by atoms with Crippen LogP contribution in [0, 0.1) is 0 Å². The van der Waals surface area contributed by atoms with E-state index >= 15 is 0 Å². The van der Waals surface area contributed by atoms with Crippen LogP contribution in [0.1, 0.15) is 12.5 Å². The number of aliphatic carboxylic acids is 1. The molecule has 0 unspecified atom stereocenters. The second-order valence-electron chi connectivity index (χ2n) is 4.15. The molecule has 1 rings (SSSR count). The molecule has 7 heteroatoms. The standard InChI is InChI=1S/C11H16BNO5/c1-11(13,10(14)15)6-7-3-4-8(18-12-16)5-9(7)17-2/h3-5,12,16H,6,13H2,1-2H3,(H,14,15)/t11-/m0/s1. The van der Waals surface area contributed by atoms with Crippen molar-refractivity contribution in [1.29, 1.82) is 0 Å². The Balaban J connectivity index is 2.99. The molecule has 0 aliphatic rings. The molecule has 0 bridgehead atoms. The van der Waals surface area contributed by atoms with Crippen molar-refractivity contribution in [3.05, 3.63) is 23.8 Å². The Bertz CT molecular complexity index is 435. The minimum absolute atomic E-state index is 0.130. The van der Waals surface area contributed by atoms with Gasteiger partial charge in [0, 0.05) is 12.5 Å². The summed E-state index contributed by atoms with van der Waals surface area (Å²) in [5, 5.41) is 17.6. The number of rotatable bonds is 6. The highest BCUT2D eigenvalue weighted by atomic mass is 16.5. The molecule has 1 aromatic carbocycles. The average Bonchev–Trinajstić information content (AvgIpc) is 2.31. The van der Waals surface area contributed by atoms with Crippen LogP contribution in [-0.2, 0) is 11.2 Å². The first-order valence-corrected chi connectivity index (χ1v) is 5.33. The van der Waals surface area contributed by atoms with Gasteiger partial charge in [-0.3, -0.25) is 4.79 Å². The van der Waals surface area contributed by atoms with E-state index in [0.717, 1.165) is 0 Å². The molecule has 0 saturated carbocycles. The summed E-state index contributed by atoms with van der Waals surface area (Å²) in [6.07, 6.45) is 0.130. The Hall–Kier alpha value is -1.73. The second-order valence-corrected chi connectivity index (χ2v) is 4.15. The first-order chi connectivity index (χ1) is 8.40. The molecule has 0 saturated heterocycles. The number of hydrogen-bond donors (Lipinski definition) is 3. The van der Waals surface area contributed by atoms with Crippen LogP contribution in [0.15, 0.2) is 18.2 Å². The van der Waals surface area contributed by atoms with E-state index in [4.69, 9.17) is 25.3 Å². The molecule has 0 radical (unpaired) electrons. The summed E-state index contributed by atoms with van der Waals surface area (Å²) in [7, 11) is 1.03. The summed E-state index contributed by atoms with van der Waals surface area (Å²) in [5.74, 6) is -0.175. The van der Waals surface area contributed by atoms with Gasteiger partial charge in [0.2, 0.25) is 0 Å². The fourth-order valence-corrected chi connectivity index (χ4v) is 1.51. The van der Waals surface area contributed by atoms with Crippen LogP contribution < -0.4 is 15.1 Å². The predicted octanol–water partition coefficient (Wildman–Crippen LogP) is -0.323. The summed E-state index contributed by atoms with van der Waals surface area (Å²) in [6.45, 7) is 1.44. The molecule has 1 atom stereocenters. The number of carboxylic acid groups (broad SMARTS) is 1. The fraction of sp³-hybridized carbons (Fsp3) is 0.364. The minimum atomic E-state index is -1.37. The van der Waals surface area contributed by atoms with Crippen molar-refractivity contribution >= 4 is 13.7 Å². The third kappa shape index (κ3) is 3.38. The molecule has 0 amide bonds. The lowest BCUT2D eigenvalue weighted by molar-refractivity contribution is -0.142. The summed E-state index contributed by atoms with van der Waals surface area (Å²) in [6, 6.07) is 4.85. The van der Waals surface area contributed by atoms with Gasteiger partial charge in [0.15, 0.2) is 0 Å². The molecule has 0 heterocycles. The lowest BCUT2D eigenvalue weighted by Crippen LogP contribution is -2.46. The Morgan fingerprint density at radius 3 is 2.72 bits per heavy atom. The first kappa shape index (κ1) is 14.3. The number of carbonyl (C=O) groups is 1. The molecular weight excluding hydrogens is 237 g/mol. The van der Waals surface area contributed by atoms with Crippen molar-refractivity contribution in [2.24, 2.45) is 5.73 Å². The van der Waals surface area contributed by atoms with Gasteiger partial charge in [-0.25, -0.2) is 0 Å². The van der Waals surface area contributed by atoms with E-state index < -0.39 is 19.2 Å². The first-order valence-electron chi connectivity index (χ1n) is 5.33. The van der Waals surface area contributed by atoms with E-state index in [1.807, 2.05) is 0 Å². The number of hydrogen-bond acceptors (Lipinski definition) is 5. The quantitative estimate of drug-likeness (QED) is 0.600. The number of benzene rings is 1. The van der Waals surface area contributed by atoms with E-state index in [9.17, 15) is 4.79 Å². The third-order valence-corrected chi connectivity index (χ3v) is 2.54. The maximum Gasteiger partial charge on any atom is 0.504 e. The largest absolute Gasteiger partial charge is 0.539 e. The molecule has 6 nitrogen and oxygen atoms in total. The second kappa shape index (κ2) is 5.75. The molecule has 0 aromatic heterocycles. The molecule has 1 aromatic rings. The van der Waals surface area contributed by atoms with Crippen molar-refractivity contribution in [1.82, 2.24) is 0 Å². The van der Waals surface area contributed by atoms with Gasteiger partial charge in [0.25, 0.3) is 0 Å². The van der Waals surface area contributed by atoms with Crippen LogP contribution in [0.5, 0.6) is 11.5 Å². The number of nitrogens with two attached hydrogens (primary N) is 1. The van der Waals surface area contributed by atoms with Gasteiger partial charge in [0.05, 0.1) is 7.11 Å². The van der Waals surface area contributed by atoms with Crippen molar-refractivity contribution in [2.45, 2.75) is 18.9 Å². The van der Waals surface area contributed by atoms with Crippen LogP contribution in [0.25, 0.3) is 0 Å². The number of ether oxygens (including phenoxy) is 1. The van der Waals surface area contributed by atoms with Gasteiger partial charge in [0.1, 0.15) is 17.0 Å². The Morgan fingerprint density at radius 2 is 2.22 bits per heavy atom. The monoisotopic (exact) mass is 253 g/mol. The lowest BCUT2D eigenvalue weighted by atomic mass is 9.93. The van der Waals surface area contributed by atoms with Gasteiger partial charge in [-0.2, -0.15) is 0 Å². The van der Waals surface area contributed by atoms with E-state index in [1.54, 1.807) is 18.2 Å². The van der Waals surface area contributed by atoms with E-state index in [2.05, 4.69) is 0 Å². The number of methoxy groups -OCH3 is 1. The lowest BCUT2D eigenvalue weighted by Gasteiger charge is -2.20. The highest BCUT2D eigenvalue weighted by molar-refractivity contribution is 6.17. The maximum absolute atomic E-state index is 11.0. The highest BCUT2D eigenvalue weighted by Gasteiger charge is 2.29. The number of carboxylic acids is 1. The Labute approximate surface area is 106 Å². The third-order valence-electron chi connectivity index (χ3n) is 2.54. The van der Waals surface area contributed by atoms with Crippen LogP contribution in [0.3, 0.4) is 0 Å². The Kier molecular flexibility index (Phi) is 4.58. The molecule has 0 spiro atoms. The summed E-state index contributed by atoms with van der Waals surface area (Å²) in [4.78, 5) is 11.0. The zero-order valence-corrected chi connectivity index (χ0v) is 10.3. The van der Waals surface area contributed by atoms with Crippen LogP contribution in [0.4, 0.5) is 0 Å². The van der Waals surface area contributed by atoms with Gasteiger partial charge in [-0.05, 0) is 18.6 Å². The predicted molar refractivity (Wildman–Crippen MR) is 66.9 cm³/mol. The van der Waals surface area contributed by atoms with E-state index in [-0.39, 0.29) is 6.42 Å². The van der Waals surface area contributed by atoms with Gasteiger partial charge in [-0.1, -0.05) is 6.07 Å². The van der Waals surface area contributed by atoms with Crippen LogP contribution in [0.2, 0.25) is 0 Å². The molecule has 4 N–H and O–H groups in total. The van der Waals surface area contributed by atoms with Gasteiger partial charge < -0.3 is 25.3 Å². The zero-order valence-electron chi connectivity index (χ0n) is 10.3. The van der Waals surface area contributed by atoms with Crippen molar-refractivity contribution in [3.63, 3.8) is 0 Å². The highest BCUT2D eigenvalue weighted by Crippen LogP contribution is 2.27. The molecule has 98 valence electrons. The fourth-order valence-electron chi connectivity index (χ4n) is 1.51. The maximum atomic E-state index is 11.0. The van der Waals surface area contributed by atoms with Crippen molar-refractivity contribution in [2.75, 3.05) is 7.11 Å². The molecular formula is C11H16BNO5.